The molecule has 32 heavy (non-hydrogen) atoms. The molecule has 6 nitrogen and oxygen atoms in total. The maximum atomic E-state index is 13.2. The van der Waals surface area contributed by atoms with Crippen LogP contribution in [-0.2, 0) is 6.54 Å². The normalized spacial score (nSPS) is 24.1. The molecule has 2 N–H and O–H groups in total. The molecule has 3 heterocycles. The monoisotopic (exact) mass is 455 g/mol. The van der Waals surface area contributed by atoms with Crippen molar-refractivity contribution in [3.63, 3.8) is 0 Å². The van der Waals surface area contributed by atoms with E-state index in [1.54, 1.807) is 4.90 Å². The van der Waals surface area contributed by atoms with Gasteiger partial charge < -0.3 is 15.1 Å². The molecular formula is C25H30ClN3O3. The van der Waals surface area contributed by atoms with Gasteiger partial charge in [0, 0.05) is 44.8 Å². The first-order chi connectivity index (χ1) is 15.5. The highest BCUT2D eigenvalue weighted by Crippen LogP contribution is 2.37. The minimum Gasteiger partial charge on any atom is -0.507 e. The Kier molecular flexibility index (Phi) is 6.01. The Balaban J connectivity index is 1.27. The first-order valence-corrected chi connectivity index (χ1v) is 11.9. The molecule has 1 amide bonds. The Hall–Kier alpha value is -2.28. The summed E-state index contributed by atoms with van der Waals surface area (Å²) in [6.07, 6.45) is 4.46. The lowest BCUT2D eigenvalue weighted by Gasteiger charge is -2.37. The van der Waals surface area contributed by atoms with Crippen molar-refractivity contribution in [2.45, 2.75) is 44.3 Å². The minimum atomic E-state index is -0.259. The quantitative estimate of drug-likeness (QED) is 0.729. The van der Waals surface area contributed by atoms with E-state index in [4.69, 9.17) is 11.6 Å². The lowest BCUT2D eigenvalue weighted by atomic mass is 10.0. The van der Waals surface area contributed by atoms with Gasteiger partial charge in [0.05, 0.1) is 16.6 Å². The fraction of sp³-hybridized carbons (Fsp3) is 0.480. The summed E-state index contributed by atoms with van der Waals surface area (Å²) in [7, 11) is 0. The summed E-state index contributed by atoms with van der Waals surface area (Å²) in [5, 5.41) is 19.9. The second kappa shape index (κ2) is 8.93. The molecule has 5 rings (SSSR count). The molecule has 0 radical (unpaired) electrons. The average Bonchev–Trinajstić information content (AvgIpc) is 3.46. The third kappa shape index (κ3) is 4.19. The summed E-state index contributed by atoms with van der Waals surface area (Å²) in [4.78, 5) is 20.1. The summed E-state index contributed by atoms with van der Waals surface area (Å²) in [5.74, 6) is -0.741. The van der Waals surface area contributed by atoms with E-state index in [-0.39, 0.29) is 34.0 Å². The predicted molar refractivity (Wildman–Crippen MR) is 124 cm³/mol. The predicted octanol–water partition coefficient (Wildman–Crippen LogP) is 4.01. The van der Waals surface area contributed by atoms with Gasteiger partial charge >= 0.3 is 0 Å². The molecular weight excluding hydrogens is 426 g/mol. The molecule has 0 aliphatic carbocycles. The number of halogens is 1. The number of aromatic hydroxyl groups is 2. The van der Waals surface area contributed by atoms with Crippen LogP contribution in [0.25, 0.3) is 0 Å². The van der Waals surface area contributed by atoms with Crippen LogP contribution in [0.1, 0.15) is 53.2 Å². The summed E-state index contributed by atoms with van der Waals surface area (Å²) in [6.45, 7) is 6.33. The van der Waals surface area contributed by atoms with Crippen LogP contribution in [-0.4, -0.2) is 69.6 Å². The number of benzene rings is 2. The van der Waals surface area contributed by atoms with Crippen molar-refractivity contribution in [3.8, 4) is 11.5 Å². The van der Waals surface area contributed by atoms with Crippen LogP contribution < -0.4 is 0 Å². The van der Waals surface area contributed by atoms with Gasteiger partial charge in [-0.25, -0.2) is 0 Å². The van der Waals surface area contributed by atoms with E-state index in [1.165, 1.54) is 37.6 Å². The zero-order valence-electron chi connectivity index (χ0n) is 18.2. The van der Waals surface area contributed by atoms with Crippen LogP contribution in [0.4, 0.5) is 0 Å². The van der Waals surface area contributed by atoms with Crippen molar-refractivity contribution in [2.24, 2.45) is 0 Å². The van der Waals surface area contributed by atoms with E-state index < -0.39 is 0 Å². The highest BCUT2D eigenvalue weighted by molar-refractivity contribution is 6.32. The number of hydrogen-bond acceptors (Lipinski definition) is 5. The molecule has 2 aromatic rings. The smallest absolute Gasteiger partial charge is 0.258 e. The Bertz CT molecular complexity index is 997. The lowest BCUT2D eigenvalue weighted by Crippen LogP contribution is -2.49. The van der Waals surface area contributed by atoms with E-state index in [0.29, 0.717) is 6.54 Å². The van der Waals surface area contributed by atoms with Gasteiger partial charge in [0.25, 0.3) is 5.91 Å². The molecule has 3 fully saturated rings. The molecule has 0 saturated carbocycles. The third-order valence-corrected chi connectivity index (χ3v) is 7.55. The average molecular weight is 456 g/mol. The summed E-state index contributed by atoms with van der Waals surface area (Å²) in [6, 6.07) is 11.8. The van der Waals surface area contributed by atoms with Gasteiger partial charge in [0.1, 0.15) is 11.5 Å². The Morgan fingerprint density at radius 3 is 2.56 bits per heavy atom. The van der Waals surface area contributed by atoms with E-state index in [1.807, 2.05) is 0 Å². The summed E-state index contributed by atoms with van der Waals surface area (Å²) in [5.41, 5.74) is 2.55. The van der Waals surface area contributed by atoms with Crippen molar-refractivity contribution in [1.29, 1.82) is 0 Å². The number of hydrogen-bond donors (Lipinski definition) is 2. The number of carbonyl (C=O) groups is 1. The number of nitrogens with zero attached hydrogens (tertiary/aromatic N) is 3. The van der Waals surface area contributed by atoms with Crippen molar-refractivity contribution in [1.82, 2.24) is 14.7 Å². The van der Waals surface area contributed by atoms with Crippen molar-refractivity contribution < 1.29 is 15.0 Å². The van der Waals surface area contributed by atoms with Crippen LogP contribution >= 0.6 is 11.6 Å². The molecule has 0 aromatic heterocycles. The number of fused-ring (bicyclic) bond motifs is 1. The SMILES string of the molecule is O=C(c1cc(Cl)c(O)cc1O)N1CCCC1c1ccc(CN2CCN3CCCC3C2)cc1. The van der Waals surface area contributed by atoms with Gasteiger partial charge in [-0.1, -0.05) is 35.9 Å². The third-order valence-electron chi connectivity index (χ3n) is 7.25. The zero-order valence-corrected chi connectivity index (χ0v) is 19.0. The molecule has 2 aromatic carbocycles. The molecule has 2 atom stereocenters. The van der Waals surface area contributed by atoms with E-state index in [2.05, 4.69) is 34.1 Å². The topological polar surface area (TPSA) is 67.2 Å². The van der Waals surface area contributed by atoms with Gasteiger partial charge in [-0.05, 0) is 49.4 Å². The van der Waals surface area contributed by atoms with Crippen molar-refractivity contribution >= 4 is 17.5 Å². The highest BCUT2D eigenvalue weighted by atomic mass is 35.5. The zero-order chi connectivity index (χ0) is 22.2. The number of amides is 1. The Morgan fingerprint density at radius 1 is 0.969 bits per heavy atom. The van der Waals surface area contributed by atoms with Crippen LogP contribution in [0.5, 0.6) is 11.5 Å². The standard InChI is InChI=1S/C25H30ClN3O3/c26-21-13-20(23(30)14-24(21)31)25(32)29-10-2-4-22(29)18-7-5-17(6-8-18)15-27-11-12-28-9-1-3-19(28)16-27/h5-8,13-14,19,22,30-31H,1-4,9-12,15-16H2. The van der Waals surface area contributed by atoms with Crippen molar-refractivity contribution in [3.05, 3.63) is 58.1 Å². The second-order valence-electron chi connectivity index (χ2n) is 9.29. The van der Waals surface area contributed by atoms with Gasteiger partial charge in [-0.3, -0.25) is 14.6 Å². The van der Waals surface area contributed by atoms with Gasteiger partial charge in [-0.2, -0.15) is 0 Å². The van der Waals surface area contributed by atoms with E-state index in [9.17, 15) is 15.0 Å². The number of phenols is 2. The number of rotatable bonds is 4. The van der Waals surface area contributed by atoms with E-state index in [0.717, 1.165) is 50.1 Å². The molecule has 2 unspecified atom stereocenters. The largest absolute Gasteiger partial charge is 0.507 e. The van der Waals surface area contributed by atoms with Crippen molar-refractivity contribution in [2.75, 3.05) is 32.7 Å². The highest BCUT2D eigenvalue weighted by Gasteiger charge is 2.33. The molecule has 170 valence electrons. The molecule has 3 aliphatic rings. The summed E-state index contributed by atoms with van der Waals surface area (Å²) >= 11 is 5.98. The van der Waals surface area contributed by atoms with Gasteiger partial charge in [0.2, 0.25) is 0 Å². The van der Waals surface area contributed by atoms with Crippen LogP contribution in [0.2, 0.25) is 5.02 Å². The molecule has 0 spiro atoms. The van der Waals surface area contributed by atoms with Crippen LogP contribution in [0.3, 0.4) is 0 Å². The number of carbonyl (C=O) groups excluding carboxylic acids is 1. The molecule has 3 saturated heterocycles. The fourth-order valence-electron chi connectivity index (χ4n) is 5.54. The minimum absolute atomic E-state index is 0.0226. The fourth-order valence-corrected chi connectivity index (χ4v) is 5.70. The first-order valence-electron chi connectivity index (χ1n) is 11.6. The number of piperazine rings is 1. The first kappa shape index (κ1) is 21.6. The second-order valence-corrected chi connectivity index (χ2v) is 9.69. The molecule has 7 heteroatoms. The Labute approximate surface area is 194 Å². The van der Waals surface area contributed by atoms with E-state index >= 15 is 0 Å². The van der Waals surface area contributed by atoms with Gasteiger partial charge in [-0.15, -0.1) is 0 Å². The molecule has 0 bridgehead atoms. The van der Waals surface area contributed by atoms with Crippen LogP contribution in [0.15, 0.2) is 36.4 Å². The lowest BCUT2D eigenvalue weighted by molar-refractivity contribution is 0.0732. The maximum absolute atomic E-state index is 13.2. The number of likely N-dealkylation sites (tertiary alicyclic amines) is 1. The van der Waals surface area contributed by atoms with Gasteiger partial charge in [0.15, 0.2) is 0 Å². The maximum Gasteiger partial charge on any atom is 0.258 e. The Morgan fingerprint density at radius 2 is 1.75 bits per heavy atom. The molecule has 3 aliphatic heterocycles. The summed E-state index contributed by atoms with van der Waals surface area (Å²) < 4.78 is 0. The van der Waals surface area contributed by atoms with Crippen LogP contribution in [0, 0.1) is 0 Å². The number of phenolic OH excluding ortho intramolecular Hbond substituents is 2.